The lowest BCUT2D eigenvalue weighted by atomic mass is 9.54. The van der Waals surface area contributed by atoms with Gasteiger partial charge in [0.05, 0.1) is 6.10 Å². The normalized spacial score (nSPS) is 26.9. The molecule has 0 radical (unpaired) electrons. The Morgan fingerprint density at radius 2 is 2.00 bits per heavy atom. The Kier molecular flexibility index (Phi) is 5.93. The van der Waals surface area contributed by atoms with E-state index in [1.54, 1.807) is 12.1 Å². The molecule has 2 atom stereocenters. The van der Waals surface area contributed by atoms with Crippen LogP contribution in [0.4, 0.5) is 0 Å². The van der Waals surface area contributed by atoms with Crippen LogP contribution in [0.1, 0.15) is 69.7 Å². The molecule has 154 valence electrons. The summed E-state index contributed by atoms with van der Waals surface area (Å²) < 4.78 is 11.6. The molecule has 2 N–H and O–H groups in total. The second-order valence-electron chi connectivity index (χ2n) is 8.30. The number of amides is 1. The maximum atomic E-state index is 12.9. The monoisotopic (exact) mass is 390 g/mol. The highest BCUT2D eigenvalue weighted by atomic mass is 16.5. The van der Waals surface area contributed by atoms with Gasteiger partial charge in [0.25, 0.3) is 5.91 Å². The van der Waals surface area contributed by atoms with Crippen molar-refractivity contribution in [2.75, 3.05) is 6.61 Å². The number of aromatic nitrogens is 1. The lowest BCUT2D eigenvalue weighted by Crippen LogP contribution is -2.76. The third-order valence-corrected chi connectivity index (χ3v) is 6.29. The van der Waals surface area contributed by atoms with Gasteiger partial charge in [0.2, 0.25) is 5.88 Å². The van der Waals surface area contributed by atoms with Gasteiger partial charge in [-0.3, -0.25) is 4.79 Å². The molecule has 1 heterocycles. The van der Waals surface area contributed by atoms with E-state index in [0.717, 1.165) is 25.7 Å². The Labute approximate surface area is 165 Å². The number of hydrogen-bond donors (Lipinski definition) is 2. The number of carbonyl (C=O) groups is 2. The van der Waals surface area contributed by atoms with E-state index < -0.39 is 22.8 Å². The quantitative estimate of drug-likeness (QED) is 0.742. The van der Waals surface area contributed by atoms with Crippen LogP contribution in [-0.4, -0.2) is 46.3 Å². The van der Waals surface area contributed by atoms with Gasteiger partial charge < -0.3 is 19.9 Å². The van der Waals surface area contributed by atoms with E-state index in [1.165, 1.54) is 12.6 Å². The number of nitrogens with zero attached hydrogens (tertiary/aromatic N) is 1. The van der Waals surface area contributed by atoms with E-state index in [1.807, 2.05) is 20.8 Å². The summed E-state index contributed by atoms with van der Waals surface area (Å²) in [6, 6.07) is 3.16. The predicted molar refractivity (Wildman–Crippen MR) is 103 cm³/mol. The molecule has 1 aromatic rings. The van der Waals surface area contributed by atoms with Gasteiger partial charge in [-0.05, 0) is 38.7 Å². The summed E-state index contributed by atoms with van der Waals surface area (Å²) in [5, 5.41) is 12.6. The van der Waals surface area contributed by atoms with Crippen LogP contribution in [0.25, 0.3) is 0 Å². The van der Waals surface area contributed by atoms with Crippen molar-refractivity contribution in [3.05, 3.63) is 23.9 Å². The zero-order chi connectivity index (χ0) is 20.4. The standard InChI is InChI=1S/C21H30N2O5/c1-4-27-16-13-21(19(25)26,20(16,2)3)23-18(24)14-10-11-22-17(12-14)28-15-8-6-5-7-9-15/h10-12,15-16H,4-9,13H2,1-3H3,(H,23,24)(H,25,26). The Balaban J connectivity index is 1.73. The average molecular weight is 390 g/mol. The lowest BCUT2D eigenvalue weighted by Gasteiger charge is -2.58. The van der Waals surface area contributed by atoms with Crippen molar-refractivity contribution < 1.29 is 24.2 Å². The Hall–Kier alpha value is -2.15. The second-order valence-corrected chi connectivity index (χ2v) is 8.30. The zero-order valence-electron chi connectivity index (χ0n) is 16.9. The molecule has 7 heteroatoms. The van der Waals surface area contributed by atoms with E-state index in [0.29, 0.717) is 18.1 Å². The van der Waals surface area contributed by atoms with Crippen LogP contribution in [0.15, 0.2) is 18.3 Å². The fourth-order valence-electron chi connectivity index (χ4n) is 4.27. The van der Waals surface area contributed by atoms with Crippen LogP contribution in [0.5, 0.6) is 5.88 Å². The molecule has 2 saturated carbocycles. The van der Waals surface area contributed by atoms with Crippen molar-refractivity contribution in [1.82, 2.24) is 10.3 Å². The van der Waals surface area contributed by atoms with E-state index >= 15 is 0 Å². The maximum Gasteiger partial charge on any atom is 0.330 e. The molecule has 2 aliphatic rings. The number of hydrogen-bond acceptors (Lipinski definition) is 5. The fraction of sp³-hybridized carbons (Fsp3) is 0.667. The number of carboxylic acids is 1. The number of aliphatic carboxylic acids is 1. The van der Waals surface area contributed by atoms with Crippen LogP contribution >= 0.6 is 0 Å². The molecule has 2 unspecified atom stereocenters. The van der Waals surface area contributed by atoms with Gasteiger partial charge in [0, 0.05) is 36.3 Å². The molecule has 7 nitrogen and oxygen atoms in total. The first kappa shape index (κ1) is 20.6. The Bertz CT molecular complexity index is 729. The van der Waals surface area contributed by atoms with Gasteiger partial charge in [-0.15, -0.1) is 0 Å². The van der Waals surface area contributed by atoms with Crippen molar-refractivity contribution in [2.45, 2.75) is 77.0 Å². The molecule has 3 rings (SSSR count). The highest BCUT2D eigenvalue weighted by Gasteiger charge is 2.66. The van der Waals surface area contributed by atoms with Gasteiger partial charge >= 0.3 is 5.97 Å². The third kappa shape index (κ3) is 3.72. The molecule has 1 amide bonds. The minimum Gasteiger partial charge on any atom is -0.479 e. The molecule has 1 aromatic heterocycles. The fourth-order valence-corrected chi connectivity index (χ4v) is 4.27. The minimum absolute atomic E-state index is 0.127. The number of carbonyl (C=O) groups excluding carboxylic acids is 1. The van der Waals surface area contributed by atoms with E-state index in [4.69, 9.17) is 9.47 Å². The molecule has 0 aromatic carbocycles. The first-order valence-electron chi connectivity index (χ1n) is 10.1. The molecule has 0 bridgehead atoms. The number of nitrogens with one attached hydrogen (secondary N) is 1. The van der Waals surface area contributed by atoms with Gasteiger partial charge in [-0.25, -0.2) is 9.78 Å². The number of pyridine rings is 1. The smallest absolute Gasteiger partial charge is 0.330 e. The predicted octanol–water partition coefficient (Wildman–Crippen LogP) is 3.18. The summed E-state index contributed by atoms with van der Waals surface area (Å²) in [6.07, 6.45) is 7.18. The highest BCUT2D eigenvalue weighted by Crippen LogP contribution is 2.51. The molecule has 0 saturated heterocycles. The minimum atomic E-state index is -1.36. The molecule has 2 aliphatic carbocycles. The van der Waals surface area contributed by atoms with Crippen molar-refractivity contribution in [3.8, 4) is 5.88 Å². The third-order valence-electron chi connectivity index (χ3n) is 6.29. The first-order valence-corrected chi connectivity index (χ1v) is 10.1. The summed E-state index contributed by atoms with van der Waals surface area (Å²) in [4.78, 5) is 29.1. The summed E-state index contributed by atoms with van der Waals surface area (Å²) in [6.45, 7) is 6.01. The molecule has 0 aliphatic heterocycles. The van der Waals surface area contributed by atoms with Gasteiger partial charge in [-0.2, -0.15) is 0 Å². The number of rotatable bonds is 7. The Morgan fingerprint density at radius 3 is 2.61 bits per heavy atom. The van der Waals surface area contributed by atoms with Crippen LogP contribution in [-0.2, 0) is 9.53 Å². The largest absolute Gasteiger partial charge is 0.479 e. The highest BCUT2D eigenvalue weighted by molar-refractivity contribution is 5.98. The van der Waals surface area contributed by atoms with Gasteiger partial charge in [0.15, 0.2) is 0 Å². The molecular formula is C21H30N2O5. The summed E-state index contributed by atoms with van der Waals surface area (Å²) in [5.41, 5.74) is -1.74. The van der Waals surface area contributed by atoms with Crippen LogP contribution in [0.3, 0.4) is 0 Å². The maximum absolute atomic E-state index is 12.9. The van der Waals surface area contributed by atoms with Crippen molar-refractivity contribution in [3.63, 3.8) is 0 Å². The van der Waals surface area contributed by atoms with Crippen LogP contribution in [0, 0.1) is 5.41 Å². The average Bonchev–Trinajstić information content (AvgIpc) is 2.67. The molecule has 0 spiro atoms. The summed E-state index contributed by atoms with van der Waals surface area (Å²) >= 11 is 0. The molecular weight excluding hydrogens is 360 g/mol. The van der Waals surface area contributed by atoms with Crippen LogP contribution < -0.4 is 10.1 Å². The number of ether oxygens (including phenoxy) is 2. The van der Waals surface area contributed by atoms with Gasteiger partial charge in [-0.1, -0.05) is 20.3 Å². The Morgan fingerprint density at radius 1 is 1.29 bits per heavy atom. The molecule has 2 fully saturated rings. The topological polar surface area (TPSA) is 97.8 Å². The van der Waals surface area contributed by atoms with E-state index in [-0.39, 0.29) is 18.6 Å². The number of carboxylic acid groups (broad SMARTS) is 1. The van der Waals surface area contributed by atoms with Crippen LogP contribution in [0.2, 0.25) is 0 Å². The molecule has 28 heavy (non-hydrogen) atoms. The summed E-state index contributed by atoms with van der Waals surface area (Å²) in [7, 11) is 0. The zero-order valence-corrected chi connectivity index (χ0v) is 16.9. The second kappa shape index (κ2) is 8.07. The van der Waals surface area contributed by atoms with E-state index in [9.17, 15) is 14.7 Å². The lowest BCUT2D eigenvalue weighted by molar-refractivity contribution is -0.190. The van der Waals surface area contributed by atoms with E-state index in [2.05, 4.69) is 10.3 Å². The first-order chi connectivity index (χ1) is 13.3. The SMILES string of the molecule is CCOC1CC(NC(=O)c2ccnc(OC3CCCCC3)c2)(C(=O)O)C1(C)C. The van der Waals surface area contributed by atoms with Gasteiger partial charge in [0.1, 0.15) is 11.6 Å². The van der Waals surface area contributed by atoms with Crippen molar-refractivity contribution >= 4 is 11.9 Å². The van der Waals surface area contributed by atoms with Crippen molar-refractivity contribution in [1.29, 1.82) is 0 Å². The van der Waals surface area contributed by atoms with Crippen molar-refractivity contribution in [2.24, 2.45) is 5.41 Å². The summed E-state index contributed by atoms with van der Waals surface area (Å²) in [5.74, 6) is -1.08.